The van der Waals surface area contributed by atoms with Crippen LogP contribution in [-0.2, 0) is 10.8 Å². The van der Waals surface area contributed by atoms with Crippen molar-refractivity contribution in [3.8, 4) is 45.3 Å². The minimum atomic E-state index is -0.695. The van der Waals surface area contributed by atoms with Gasteiger partial charge >= 0.3 is 0 Å². The molecule has 4 fully saturated rings. The van der Waals surface area contributed by atoms with Crippen molar-refractivity contribution in [2.45, 2.75) is 49.4 Å². The Morgan fingerprint density at radius 2 is 1.02 bits per heavy atom. The molecule has 1 aromatic heterocycles. The third-order valence-electron chi connectivity index (χ3n) is 14.4. The van der Waals surface area contributed by atoms with Crippen LogP contribution in [0.4, 0.5) is 5.69 Å². The molecule has 1 heterocycles. The smallest absolute Gasteiger partial charge is 0.187 e. The highest BCUT2D eigenvalue weighted by Gasteiger charge is 2.52. The minimum absolute atomic E-state index is 0.321. The van der Waals surface area contributed by atoms with Gasteiger partial charge in [0.15, 0.2) is 23.2 Å². The maximum absolute atomic E-state index is 7.75. The first kappa shape index (κ1) is 34.4. The number of fused-ring (bicyclic) bond motifs is 4. The molecule has 7 aromatic carbocycles. The first-order valence-corrected chi connectivity index (χ1v) is 21.2. The van der Waals surface area contributed by atoms with Crippen molar-refractivity contribution in [2.24, 2.45) is 17.8 Å². The summed E-state index contributed by atoms with van der Waals surface area (Å²) >= 11 is 0. The van der Waals surface area contributed by atoms with E-state index in [2.05, 4.69) is 157 Å². The molecule has 1 unspecified atom stereocenters. The van der Waals surface area contributed by atoms with Crippen LogP contribution in [0.15, 0.2) is 164 Å². The van der Waals surface area contributed by atoms with Gasteiger partial charge in [-0.15, -0.1) is 0 Å². The minimum Gasteiger partial charge on any atom is -0.238 e. The molecule has 59 heavy (non-hydrogen) atoms. The molecule has 13 rings (SSSR count). The third-order valence-corrected chi connectivity index (χ3v) is 14.4. The van der Waals surface area contributed by atoms with E-state index in [1.165, 1.54) is 60.6 Å². The molecular weight excluding hydrogens is 717 g/mol. The fourth-order valence-corrected chi connectivity index (χ4v) is 12.3. The monoisotopic (exact) mass is 758 g/mol. The summed E-state index contributed by atoms with van der Waals surface area (Å²) in [7, 11) is 0. The fraction of sp³-hybridized carbons (Fsp3) is 0.200. The van der Waals surface area contributed by atoms with Crippen molar-refractivity contribution in [2.75, 3.05) is 0 Å². The lowest BCUT2D eigenvalue weighted by Gasteiger charge is -2.57. The predicted octanol–water partition coefficient (Wildman–Crippen LogP) is 13.4. The maximum Gasteiger partial charge on any atom is 0.187 e. The van der Waals surface area contributed by atoms with E-state index >= 15 is 0 Å². The number of aromatic nitrogens is 3. The van der Waals surface area contributed by atoms with Crippen LogP contribution in [0.5, 0.6) is 0 Å². The molecule has 0 N–H and O–H groups in total. The molecule has 0 saturated heterocycles. The number of nitrogens with zero attached hydrogens (tertiary/aromatic N) is 4. The Morgan fingerprint density at radius 1 is 0.458 bits per heavy atom. The average Bonchev–Trinajstić information content (AvgIpc) is 3.60. The van der Waals surface area contributed by atoms with Crippen LogP contribution in [0.2, 0.25) is 0 Å². The van der Waals surface area contributed by atoms with Crippen molar-refractivity contribution in [1.29, 1.82) is 0 Å². The molecule has 0 spiro atoms. The van der Waals surface area contributed by atoms with Crippen LogP contribution in [0.1, 0.15) is 66.3 Å². The summed E-state index contributed by atoms with van der Waals surface area (Å²) in [6.07, 6.45) is 8.33. The molecule has 4 nitrogen and oxygen atoms in total. The molecule has 5 aliphatic carbocycles. The van der Waals surface area contributed by atoms with Gasteiger partial charge in [-0.05, 0) is 117 Å². The Morgan fingerprint density at radius 3 is 1.75 bits per heavy atom. The van der Waals surface area contributed by atoms with E-state index in [0.717, 1.165) is 62.1 Å². The molecule has 4 saturated carbocycles. The van der Waals surface area contributed by atoms with Gasteiger partial charge in [0.25, 0.3) is 0 Å². The quantitative estimate of drug-likeness (QED) is 0.159. The number of hydrogen-bond donors (Lipinski definition) is 0. The van der Waals surface area contributed by atoms with Gasteiger partial charge in [0.05, 0.1) is 12.0 Å². The third kappa shape index (κ3) is 5.31. The Balaban J connectivity index is 1.08. The lowest BCUT2D eigenvalue weighted by atomic mass is 9.48. The molecule has 4 heteroatoms. The van der Waals surface area contributed by atoms with E-state index in [1.807, 2.05) is 12.1 Å². The zero-order valence-electron chi connectivity index (χ0n) is 32.9. The summed E-state index contributed by atoms with van der Waals surface area (Å²) in [5.74, 6) is 4.65. The molecule has 0 amide bonds. The van der Waals surface area contributed by atoms with Gasteiger partial charge in [-0.2, -0.15) is 0 Å². The molecule has 8 aromatic rings. The van der Waals surface area contributed by atoms with Gasteiger partial charge in [-0.25, -0.2) is 19.8 Å². The van der Waals surface area contributed by atoms with E-state index in [9.17, 15) is 0 Å². The molecular formula is C55H42N4. The number of hydrogen-bond acceptors (Lipinski definition) is 3. The number of rotatable bonds is 6. The van der Waals surface area contributed by atoms with E-state index < -0.39 is 5.41 Å². The van der Waals surface area contributed by atoms with Crippen molar-refractivity contribution in [3.63, 3.8) is 0 Å². The van der Waals surface area contributed by atoms with Gasteiger partial charge in [0.1, 0.15) is 0 Å². The summed E-state index contributed by atoms with van der Waals surface area (Å²) in [4.78, 5) is 19.9. The van der Waals surface area contributed by atoms with Crippen molar-refractivity contribution in [1.82, 2.24) is 15.0 Å². The van der Waals surface area contributed by atoms with Gasteiger partial charge in [0, 0.05) is 16.7 Å². The number of benzene rings is 7. The normalized spacial score (nSPS) is 23.5. The molecule has 282 valence electrons. The van der Waals surface area contributed by atoms with Gasteiger partial charge in [-0.1, -0.05) is 158 Å². The van der Waals surface area contributed by atoms with Crippen LogP contribution >= 0.6 is 0 Å². The predicted molar refractivity (Wildman–Crippen MR) is 237 cm³/mol. The second-order valence-corrected chi connectivity index (χ2v) is 17.7. The van der Waals surface area contributed by atoms with Crippen LogP contribution in [0.3, 0.4) is 0 Å². The molecule has 0 aliphatic heterocycles. The Kier molecular flexibility index (Phi) is 7.66. The SMILES string of the molecule is [C-]#[N+]c1ccc(C2(c3ccccc3)c3ccccc3-c3cccc(-c4nc(-c5ccc(C67CC8CC(CC(C8)C6)C7)cc5)nc(-c5ccc6ccccc6c5)n4)c32)cc1. The van der Waals surface area contributed by atoms with Crippen LogP contribution in [0.25, 0.3) is 60.9 Å². The second kappa shape index (κ2) is 13.2. The van der Waals surface area contributed by atoms with E-state index in [1.54, 1.807) is 0 Å². The average molecular weight is 759 g/mol. The van der Waals surface area contributed by atoms with Gasteiger partial charge in [0.2, 0.25) is 0 Å². The topological polar surface area (TPSA) is 43.0 Å². The second-order valence-electron chi connectivity index (χ2n) is 17.7. The zero-order valence-corrected chi connectivity index (χ0v) is 32.9. The summed E-state index contributed by atoms with van der Waals surface area (Å²) in [5, 5.41) is 2.33. The zero-order chi connectivity index (χ0) is 39.1. The lowest BCUT2D eigenvalue weighted by molar-refractivity contribution is -0.00518. The molecule has 5 aliphatic rings. The molecule has 1 atom stereocenters. The Hall–Kier alpha value is -6.70. The van der Waals surface area contributed by atoms with E-state index in [0.29, 0.717) is 28.6 Å². The fourth-order valence-electron chi connectivity index (χ4n) is 12.3. The Bertz CT molecular complexity index is 2940. The van der Waals surface area contributed by atoms with Crippen LogP contribution < -0.4 is 0 Å². The first-order chi connectivity index (χ1) is 29.1. The lowest BCUT2D eigenvalue weighted by Crippen LogP contribution is -2.48. The molecule has 0 radical (unpaired) electrons. The highest BCUT2D eigenvalue weighted by molar-refractivity contribution is 5.92. The summed E-state index contributed by atoms with van der Waals surface area (Å²) < 4.78 is 0. The van der Waals surface area contributed by atoms with Crippen molar-refractivity contribution < 1.29 is 0 Å². The van der Waals surface area contributed by atoms with Crippen LogP contribution in [-0.4, -0.2) is 15.0 Å². The van der Waals surface area contributed by atoms with Crippen molar-refractivity contribution >= 4 is 16.5 Å². The Labute approximate surface area is 345 Å². The largest absolute Gasteiger partial charge is 0.238 e. The van der Waals surface area contributed by atoms with E-state index in [-0.39, 0.29) is 0 Å². The standard InChI is InChI=1S/C55H42N4/c1-56-45-26-24-44(25-27-45)55(43-12-3-2-4-13-43)49-17-8-7-14-46(49)47-15-9-16-48(50(47)55)53-58-51(57-52(59-53)41-19-18-38-10-5-6-11-40(38)31-41)39-20-22-42(23-21-39)54-32-35-28-36(33-54)30-37(29-35)34-54/h2-27,31,35-37H,28-30,32-34H2. The van der Waals surface area contributed by atoms with Crippen molar-refractivity contribution in [3.05, 3.63) is 203 Å². The summed E-state index contributed by atoms with van der Waals surface area (Å²) in [6.45, 7) is 7.75. The summed E-state index contributed by atoms with van der Waals surface area (Å²) in [5.41, 5.74) is 11.6. The van der Waals surface area contributed by atoms with E-state index in [4.69, 9.17) is 21.5 Å². The van der Waals surface area contributed by atoms with Gasteiger partial charge < -0.3 is 0 Å². The van der Waals surface area contributed by atoms with Crippen LogP contribution in [0, 0.1) is 24.3 Å². The maximum atomic E-state index is 7.75. The highest BCUT2D eigenvalue weighted by atomic mass is 15.0. The van der Waals surface area contributed by atoms with Gasteiger partial charge in [-0.3, -0.25) is 0 Å². The highest BCUT2D eigenvalue weighted by Crippen LogP contribution is 2.61. The summed E-state index contributed by atoms with van der Waals surface area (Å²) in [6, 6.07) is 58.6. The first-order valence-electron chi connectivity index (χ1n) is 21.2. The molecule has 4 bridgehead atoms.